The number of phenolic OH excluding ortho intramolecular Hbond substituents is 1. The zero-order chi connectivity index (χ0) is 16.9. The van der Waals surface area contributed by atoms with Crippen LogP contribution in [0.2, 0.25) is 0 Å². The molecule has 24 heavy (non-hydrogen) atoms. The van der Waals surface area contributed by atoms with Crippen LogP contribution in [-0.2, 0) is 0 Å². The molecule has 0 aliphatic rings. The van der Waals surface area contributed by atoms with Crippen molar-refractivity contribution in [2.75, 3.05) is 10.6 Å². The summed E-state index contributed by atoms with van der Waals surface area (Å²) in [7, 11) is 0. The first-order valence-corrected chi connectivity index (χ1v) is 7.74. The van der Waals surface area contributed by atoms with Gasteiger partial charge < -0.3 is 15.7 Å². The molecule has 0 amide bonds. The van der Waals surface area contributed by atoms with Crippen LogP contribution in [0, 0.1) is 5.82 Å². The van der Waals surface area contributed by atoms with Gasteiger partial charge in [-0.25, -0.2) is 4.39 Å². The van der Waals surface area contributed by atoms with Crippen molar-refractivity contribution in [2.24, 2.45) is 0 Å². The minimum absolute atomic E-state index is 0.245. The number of thiocarbonyl (C=S) groups is 1. The number of anilines is 2. The molecule has 0 fully saturated rings. The van der Waals surface area contributed by atoms with E-state index < -0.39 is 0 Å². The summed E-state index contributed by atoms with van der Waals surface area (Å²) in [6.07, 6.45) is 0. The van der Waals surface area contributed by atoms with E-state index in [1.807, 2.05) is 36.4 Å². The molecule has 0 unspecified atom stereocenters. The molecule has 0 saturated carbocycles. The molecule has 0 spiro atoms. The second-order valence-corrected chi connectivity index (χ2v) is 5.62. The lowest BCUT2D eigenvalue weighted by Crippen LogP contribution is -2.18. The van der Waals surface area contributed by atoms with Gasteiger partial charge in [0, 0.05) is 11.4 Å². The van der Waals surface area contributed by atoms with E-state index >= 15 is 0 Å². The average Bonchev–Trinajstić information content (AvgIpc) is 2.58. The lowest BCUT2D eigenvalue weighted by atomic mass is 10.1. The van der Waals surface area contributed by atoms with Crippen molar-refractivity contribution in [1.29, 1.82) is 0 Å². The second kappa shape index (κ2) is 7.10. The van der Waals surface area contributed by atoms with E-state index in [4.69, 9.17) is 12.2 Å². The van der Waals surface area contributed by atoms with Crippen molar-refractivity contribution in [3.8, 4) is 16.9 Å². The third-order valence-corrected chi connectivity index (χ3v) is 3.65. The molecule has 0 aliphatic heterocycles. The number of halogens is 1. The number of benzene rings is 3. The quantitative estimate of drug-likeness (QED) is 0.588. The minimum Gasteiger partial charge on any atom is -0.508 e. The fourth-order valence-electron chi connectivity index (χ4n) is 2.23. The third-order valence-electron chi connectivity index (χ3n) is 3.45. The van der Waals surface area contributed by atoms with Crippen LogP contribution in [0.5, 0.6) is 5.75 Å². The molecule has 0 atom stereocenters. The van der Waals surface area contributed by atoms with Crippen molar-refractivity contribution in [1.82, 2.24) is 0 Å². The lowest BCUT2D eigenvalue weighted by Gasteiger charge is -2.11. The Kier molecular flexibility index (Phi) is 4.72. The van der Waals surface area contributed by atoms with E-state index in [0.717, 1.165) is 22.5 Å². The maximum atomic E-state index is 12.9. The molecule has 120 valence electrons. The topological polar surface area (TPSA) is 44.3 Å². The number of aromatic hydroxyl groups is 1. The van der Waals surface area contributed by atoms with Gasteiger partial charge in [0.05, 0.1) is 0 Å². The summed E-state index contributed by atoms with van der Waals surface area (Å²) in [6, 6.07) is 20.8. The molecule has 0 heterocycles. The molecule has 3 N–H and O–H groups in total. The molecule has 0 radical (unpaired) electrons. The fourth-order valence-corrected chi connectivity index (χ4v) is 2.46. The second-order valence-electron chi connectivity index (χ2n) is 5.21. The van der Waals surface area contributed by atoms with Crippen molar-refractivity contribution in [3.05, 3.63) is 78.6 Å². The zero-order valence-corrected chi connectivity index (χ0v) is 13.5. The highest BCUT2D eigenvalue weighted by Crippen LogP contribution is 2.23. The number of hydrogen-bond acceptors (Lipinski definition) is 2. The lowest BCUT2D eigenvalue weighted by molar-refractivity contribution is 0.475. The zero-order valence-electron chi connectivity index (χ0n) is 12.7. The summed E-state index contributed by atoms with van der Waals surface area (Å²) in [5.74, 6) is -0.0431. The maximum Gasteiger partial charge on any atom is 0.175 e. The Hall–Kier alpha value is -2.92. The van der Waals surface area contributed by atoms with Crippen molar-refractivity contribution < 1.29 is 9.50 Å². The van der Waals surface area contributed by atoms with E-state index in [9.17, 15) is 9.50 Å². The standard InChI is InChI=1S/C19H15FN2OS/c20-15-5-9-17(10-6-15)22-19(24)21-16-7-1-13(2-8-16)14-3-11-18(23)12-4-14/h1-12,23H,(H2,21,22,24). The monoisotopic (exact) mass is 338 g/mol. The van der Waals surface area contributed by atoms with Gasteiger partial charge in [0.25, 0.3) is 0 Å². The van der Waals surface area contributed by atoms with Crippen LogP contribution < -0.4 is 10.6 Å². The number of nitrogens with one attached hydrogen (secondary N) is 2. The molecule has 0 aliphatic carbocycles. The Labute approximate surface area is 144 Å². The molecular formula is C19H15FN2OS. The summed E-state index contributed by atoms with van der Waals surface area (Å²) in [5.41, 5.74) is 3.62. The first kappa shape index (κ1) is 16.0. The number of hydrogen-bond donors (Lipinski definition) is 3. The van der Waals surface area contributed by atoms with Crippen molar-refractivity contribution in [2.45, 2.75) is 0 Å². The highest BCUT2D eigenvalue weighted by Gasteiger charge is 2.01. The van der Waals surface area contributed by atoms with Crippen LogP contribution in [0.4, 0.5) is 15.8 Å². The normalized spacial score (nSPS) is 10.2. The third kappa shape index (κ3) is 4.08. The van der Waals surface area contributed by atoms with Gasteiger partial charge in [0.15, 0.2) is 5.11 Å². The molecule has 5 heteroatoms. The molecule has 3 rings (SSSR count). The number of rotatable bonds is 3. The predicted octanol–water partition coefficient (Wildman–Crippen LogP) is 5.01. The first-order valence-electron chi connectivity index (χ1n) is 7.33. The van der Waals surface area contributed by atoms with Crippen LogP contribution in [0.15, 0.2) is 72.8 Å². The Morgan fingerprint density at radius 1 is 0.708 bits per heavy atom. The summed E-state index contributed by atoms with van der Waals surface area (Å²) in [5, 5.41) is 15.8. The molecule has 3 aromatic carbocycles. The Morgan fingerprint density at radius 2 is 1.12 bits per heavy atom. The van der Waals surface area contributed by atoms with Gasteiger partial charge in [-0.3, -0.25) is 0 Å². The van der Waals surface area contributed by atoms with Gasteiger partial charge in [-0.2, -0.15) is 0 Å². The van der Waals surface area contributed by atoms with Gasteiger partial charge >= 0.3 is 0 Å². The van der Waals surface area contributed by atoms with E-state index in [0.29, 0.717) is 5.11 Å². The SMILES string of the molecule is Oc1ccc(-c2ccc(NC(=S)Nc3ccc(F)cc3)cc2)cc1. The van der Waals surface area contributed by atoms with Crippen LogP contribution in [-0.4, -0.2) is 10.2 Å². The Bertz CT molecular complexity index is 831. The van der Waals surface area contributed by atoms with Crippen LogP contribution in [0.1, 0.15) is 0 Å². The molecule has 3 nitrogen and oxygen atoms in total. The van der Waals surface area contributed by atoms with Crippen molar-refractivity contribution >= 4 is 28.7 Å². The Balaban J connectivity index is 1.64. The summed E-state index contributed by atoms with van der Waals surface area (Å²) < 4.78 is 12.9. The maximum absolute atomic E-state index is 12.9. The molecule has 3 aromatic rings. The van der Waals surface area contributed by atoms with Crippen LogP contribution in [0.25, 0.3) is 11.1 Å². The molecule has 0 aromatic heterocycles. The van der Waals surface area contributed by atoms with E-state index in [-0.39, 0.29) is 11.6 Å². The summed E-state index contributed by atoms with van der Waals surface area (Å²) in [6.45, 7) is 0. The highest BCUT2D eigenvalue weighted by atomic mass is 32.1. The summed E-state index contributed by atoms with van der Waals surface area (Å²) in [4.78, 5) is 0. The van der Waals surface area contributed by atoms with Crippen LogP contribution >= 0.6 is 12.2 Å². The highest BCUT2D eigenvalue weighted by molar-refractivity contribution is 7.80. The van der Waals surface area contributed by atoms with E-state index in [2.05, 4.69) is 10.6 Å². The van der Waals surface area contributed by atoms with Crippen LogP contribution in [0.3, 0.4) is 0 Å². The minimum atomic E-state index is -0.288. The Morgan fingerprint density at radius 3 is 1.62 bits per heavy atom. The van der Waals surface area contributed by atoms with Crippen molar-refractivity contribution in [3.63, 3.8) is 0 Å². The molecule has 0 bridgehead atoms. The number of phenols is 1. The summed E-state index contributed by atoms with van der Waals surface area (Å²) >= 11 is 5.25. The smallest absolute Gasteiger partial charge is 0.175 e. The van der Waals surface area contributed by atoms with E-state index in [1.54, 1.807) is 24.3 Å². The van der Waals surface area contributed by atoms with Gasteiger partial charge in [-0.05, 0) is 71.9 Å². The fraction of sp³-hybridized carbons (Fsp3) is 0. The van der Waals surface area contributed by atoms with Gasteiger partial charge in [0.1, 0.15) is 11.6 Å². The average molecular weight is 338 g/mol. The van der Waals surface area contributed by atoms with Gasteiger partial charge in [0.2, 0.25) is 0 Å². The van der Waals surface area contributed by atoms with E-state index in [1.165, 1.54) is 12.1 Å². The first-order chi connectivity index (χ1) is 11.6. The van der Waals surface area contributed by atoms with Gasteiger partial charge in [-0.15, -0.1) is 0 Å². The predicted molar refractivity (Wildman–Crippen MR) is 99.8 cm³/mol. The molecule has 0 saturated heterocycles. The largest absolute Gasteiger partial charge is 0.508 e. The van der Waals surface area contributed by atoms with Gasteiger partial charge in [-0.1, -0.05) is 24.3 Å². The molecular weight excluding hydrogens is 323 g/mol.